The first-order chi connectivity index (χ1) is 5.09. The summed E-state index contributed by atoms with van der Waals surface area (Å²) >= 11 is 1.60. The van der Waals surface area contributed by atoms with E-state index in [2.05, 4.69) is 0 Å². The van der Waals surface area contributed by atoms with Crippen molar-refractivity contribution in [3.8, 4) is 0 Å². The lowest BCUT2D eigenvalue weighted by Gasteiger charge is -2.08. The molecule has 1 atom stereocenters. The summed E-state index contributed by atoms with van der Waals surface area (Å²) < 4.78 is 0. The van der Waals surface area contributed by atoms with Crippen LogP contribution < -0.4 is 0 Å². The van der Waals surface area contributed by atoms with Gasteiger partial charge in [-0.05, 0) is 5.25 Å². The second-order valence-corrected chi connectivity index (χ2v) is 4.84. The van der Waals surface area contributed by atoms with Crippen LogP contribution >= 0.6 is 11.8 Å². The van der Waals surface area contributed by atoms with Crippen LogP contribution in [0.25, 0.3) is 0 Å². The zero-order valence-electron chi connectivity index (χ0n) is 6.79. The Labute approximate surface area is 70.7 Å². The highest BCUT2D eigenvalue weighted by molar-refractivity contribution is 8.01. The van der Waals surface area contributed by atoms with Gasteiger partial charge in [-0.25, -0.2) is 0 Å². The van der Waals surface area contributed by atoms with Crippen molar-refractivity contribution in [2.24, 2.45) is 0 Å². The average Bonchev–Trinajstić information content (AvgIpc) is 2.09. The molecule has 0 amide bonds. The fourth-order valence-electron chi connectivity index (χ4n) is 1.15. The number of Topliss-reactive ketones (excluding diaryl/α,β-unsaturated/α-hetero) is 2. The summed E-state index contributed by atoms with van der Waals surface area (Å²) in [6, 6.07) is 0. The molecule has 1 unspecified atom stereocenters. The minimum atomic E-state index is -0.0394. The van der Waals surface area contributed by atoms with E-state index in [0.29, 0.717) is 11.7 Å². The molecule has 0 aromatic rings. The molecule has 0 heterocycles. The van der Waals surface area contributed by atoms with Crippen LogP contribution in [0.4, 0.5) is 0 Å². The minimum Gasteiger partial charge on any atom is -0.299 e. The monoisotopic (exact) mass is 172 g/mol. The van der Waals surface area contributed by atoms with E-state index in [9.17, 15) is 9.59 Å². The van der Waals surface area contributed by atoms with E-state index in [4.69, 9.17) is 0 Å². The zero-order valence-corrected chi connectivity index (χ0v) is 7.61. The van der Waals surface area contributed by atoms with E-state index >= 15 is 0 Å². The third-order valence-corrected chi connectivity index (χ3v) is 2.88. The van der Waals surface area contributed by atoms with E-state index in [0.717, 1.165) is 0 Å². The summed E-state index contributed by atoms with van der Waals surface area (Å²) in [5, 5.41) is 0.400. The second-order valence-electron chi connectivity index (χ2n) is 3.06. The Hall–Kier alpha value is -0.310. The number of carbonyl (C=O) groups excluding carboxylic acids is 2. The van der Waals surface area contributed by atoms with E-state index < -0.39 is 0 Å². The highest BCUT2D eigenvalue weighted by atomic mass is 32.2. The SMILES string of the molecule is CC(C)SC1CC(=O)CC1=O. The van der Waals surface area contributed by atoms with Gasteiger partial charge in [-0.1, -0.05) is 13.8 Å². The van der Waals surface area contributed by atoms with E-state index in [1.165, 1.54) is 0 Å². The van der Waals surface area contributed by atoms with Crippen molar-refractivity contribution < 1.29 is 9.59 Å². The lowest BCUT2D eigenvalue weighted by atomic mass is 10.3. The molecule has 1 aliphatic rings. The van der Waals surface area contributed by atoms with Gasteiger partial charge in [0.1, 0.15) is 5.78 Å². The molecule has 0 radical (unpaired) electrons. The number of carbonyl (C=O) groups is 2. The van der Waals surface area contributed by atoms with Crippen molar-refractivity contribution in [1.82, 2.24) is 0 Å². The number of thioether (sulfide) groups is 1. The molecule has 0 saturated heterocycles. The third-order valence-electron chi connectivity index (χ3n) is 1.58. The summed E-state index contributed by atoms with van der Waals surface area (Å²) in [5.74, 6) is 0.224. The molecule has 62 valence electrons. The molecule has 1 fully saturated rings. The van der Waals surface area contributed by atoms with Gasteiger partial charge in [0.15, 0.2) is 5.78 Å². The Bertz CT molecular complexity index is 187. The van der Waals surface area contributed by atoms with Crippen molar-refractivity contribution >= 4 is 23.3 Å². The van der Waals surface area contributed by atoms with Crippen molar-refractivity contribution in [1.29, 1.82) is 0 Å². The molecule has 1 aliphatic carbocycles. The highest BCUT2D eigenvalue weighted by Crippen LogP contribution is 2.27. The first kappa shape index (κ1) is 8.78. The first-order valence-electron chi connectivity index (χ1n) is 3.79. The van der Waals surface area contributed by atoms with Gasteiger partial charge in [-0.2, -0.15) is 0 Å². The molecule has 0 aliphatic heterocycles. The molecular weight excluding hydrogens is 160 g/mol. The lowest BCUT2D eigenvalue weighted by molar-refractivity contribution is -0.121. The van der Waals surface area contributed by atoms with E-state index in [1.807, 2.05) is 13.8 Å². The Morgan fingerprint density at radius 2 is 2.09 bits per heavy atom. The third kappa shape index (κ3) is 2.33. The molecule has 1 saturated carbocycles. The van der Waals surface area contributed by atoms with Gasteiger partial charge < -0.3 is 0 Å². The predicted molar refractivity (Wildman–Crippen MR) is 45.8 cm³/mol. The molecule has 0 aromatic heterocycles. The van der Waals surface area contributed by atoms with Gasteiger partial charge in [0.2, 0.25) is 0 Å². The molecule has 0 spiro atoms. The molecule has 1 rings (SSSR count). The smallest absolute Gasteiger partial charge is 0.153 e. The summed E-state index contributed by atoms with van der Waals surface area (Å²) in [5.41, 5.74) is 0. The van der Waals surface area contributed by atoms with Crippen molar-refractivity contribution in [2.75, 3.05) is 0 Å². The second kappa shape index (κ2) is 3.39. The Kier molecular flexibility index (Phi) is 2.71. The zero-order chi connectivity index (χ0) is 8.43. The molecular formula is C8H12O2S. The Morgan fingerprint density at radius 3 is 2.45 bits per heavy atom. The summed E-state index contributed by atoms with van der Waals surface area (Å²) in [7, 11) is 0. The topological polar surface area (TPSA) is 34.1 Å². The Morgan fingerprint density at radius 1 is 1.45 bits per heavy atom. The van der Waals surface area contributed by atoms with Crippen LogP contribution in [0.3, 0.4) is 0 Å². The van der Waals surface area contributed by atoms with E-state index in [1.54, 1.807) is 11.8 Å². The first-order valence-corrected chi connectivity index (χ1v) is 4.73. The largest absolute Gasteiger partial charge is 0.299 e. The average molecular weight is 172 g/mol. The number of ketones is 2. The quantitative estimate of drug-likeness (QED) is 0.591. The van der Waals surface area contributed by atoms with Crippen LogP contribution in [0.1, 0.15) is 26.7 Å². The van der Waals surface area contributed by atoms with Crippen LogP contribution in [-0.2, 0) is 9.59 Å². The number of hydrogen-bond donors (Lipinski definition) is 0. The molecule has 0 bridgehead atoms. The van der Waals surface area contributed by atoms with Crippen LogP contribution in [0.15, 0.2) is 0 Å². The fourth-order valence-corrected chi connectivity index (χ4v) is 2.33. The van der Waals surface area contributed by atoms with Gasteiger partial charge in [0, 0.05) is 6.42 Å². The lowest BCUT2D eigenvalue weighted by Crippen LogP contribution is -2.11. The van der Waals surface area contributed by atoms with Gasteiger partial charge in [0.05, 0.1) is 11.7 Å². The van der Waals surface area contributed by atoms with Crippen molar-refractivity contribution in [2.45, 2.75) is 37.2 Å². The summed E-state index contributed by atoms with van der Waals surface area (Å²) in [4.78, 5) is 21.9. The van der Waals surface area contributed by atoms with Crippen molar-refractivity contribution in [3.63, 3.8) is 0 Å². The predicted octanol–water partition coefficient (Wildman–Crippen LogP) is 1.43. The maximum atomic E-state index is 11.1. The van der Waals surface area contributed by atoms with Crippen molar-refractivity contribution in [3.05, 3.63) is 0 Å². The molecule has 11 heavy (non-hydrogen) atoms. The van der Waals surface area contributed by atoms with Crippen LogP contribution in [0.2, 0.25) is 0 Å². The van der Waals surface area contributed by atoms with Gasteiger partial charge in [0.25, 0.3) is 0 Å². The van der Waals surface area contributed by atoms with Crippen LogP contribution in [-0.4, -0.2) is 22.1 Å². The summed E-state index contributed by atoms with van der Waals surface area (Å²) in [6.45, 7) is 4.08. The maximum Gasteiger partial charge on any atom is 0.153 e. The maximum absolute atomic E-state index is 11.1. The Balaban J connectivity index is 2.47. The van der Waals surface area contributed by atoms with Crippen LogP contribution in [0.5, 0.6) is 0 Å². The standard InChI is InChI=1S/C8H12O2S/c1-5(2)11-8-4-6(9)3-7(8)10/h5,8H,3-4H2,1-2H3. The fraction of sp³-hybridized carbons (Fsp3) is 0.750. The number of rotatable bonds is 2. The number of hydrogen-bond acceptors (Lipinski definition) is 3. The minimum absolute atomic E-state index is 0.0394. The van der Waals surface area contributed by atoms with Gasteiger partial charge in [-0.15, -0.1) is 11.8 Å². The normalized spacial score (nSPS) is 25.2. The van der Waals surface area contributed by atoms with E-state index in [-0.39, 0.29) is 23.2 Å². The highest BCUT2D eigenvalue weighted by Gasteiger charge is 2.31. The molecule has 0 N–H and O–H groups in total. The van der Waals surface area contributed by atoms with Crippen LogP contribution in [0, 0.1) is 0 Å². The van der Waals surface area contributed by atoms with Gasteiger partial charge >= 0.3 is 0 Å². The van der Waals surface area contributed by atoms with Gasteiger partial charge in [-0.3, -0.25) is 9.59 Å². The summed E-state index contributed by atoms with van der Waals surface area (Å²) in [6.07, 6.45) is 0.631. The molecule has 3 heteroatoms. The molecule has 0 aromatic carbocycles. The molecule has 2 nitrogen and oxygen atoms in total.